The molecule has 1 aliphatic heterocycles. The van der Waals surface area contributed by atoms with Gasteiger partial charge in [-0.25, -0.2) is 4.39 Å². The summed E-state index contributed by atoms with van der Waals surface area (Å²) in [5, 5.41) is 9.19. The first-order valence-corrected chi connectivity index (χ1v) is 10.7. The SMILES string of the molecule is O=C(O)CC(c1cccc(OCC2CN(Cc3c(F)cccc3C(F)(F)F)C2)c1)C1CC1. The van der Waals surface area contributed by atoms with E-state index in [1.165, 1.54) is 0 Å². The molecule has 1 atom stereocenters. The van der Waals surface area contributed by atoms with E-state index in [2.05, 4.69) is 0 Å². The number of hydrogen-bond donors (Lipinski definition) is 1. The first kappa shape index (κ1) is 22.6. The fraction of sp³-hybridized carbons (Fsp3) is 0.458. The first-order chi connectivity index (χ1) is 15.2. The number of likely N-dealkylation sites (tertiary alicyclic amines) is 1. The second-order valence-corrected chi connectivity index (χ2v) is 8.75. The predicted molar refractivity (Wildman–Crippen MR) is 110 cm³/mol. The normalized spacial score (nSPS) is 18.2. The molecule has 0 radical (unpaired) electrons. The second kappa shape index (κ2) is 9.10. The number of ether oxygens (including phenoxy) is 1. The minimum absolute atomic E-state index is 0.0150. The molecule has 1 saturated heterocycles. The van der Waals surface area contributed by atoms with E-state index in [1.54, 1.807) is 4.90 Å². The maximum absolute atomic E-state index is 14.0. The van der Waals surface area contributed by atoms with Gasteiger partial charge in [-0.3, -0.25) is 9.69 Å². The van der Waals surface area contributed by atoms with Gasteiger partial charge < -0.3 is 9.84 Å². The molecular formula is C24H25F4NO3. The summed E-state index contributed by atoms with van der Waals surface area (Å²) in [4.78, 5) is 13.0. The molecule has 0 aromatic heterocycles. The molecule has 1 aliphatic carbocycles. The van der Waals surface area contributed by atoms with Crippen molar-refractivity contribution < 1.29 is 32.2 Å². The van der Waals surface area contributed by atoms with E-state index in [0.29, 0.717) is 31.4 Å². The van der Waals surface area contributed by atoms with Crippen molar-refractivity contribution in [3.05, 3.63) is 65.0 Å². The molecule has 2 fully saturated rings. The fourth-order valence-electron chi connectivity index (χ4n) is 4.41. The van der Waals surface area contributed by atoms with Gasteiger partial charge in [-0.2, -0.15) is 13.2 Å². The predicted octanol–water partition coefficient (Wildman–Crippen LogP) is 5.32. The number of carboxylic acid groups (broad SMARTS) is 1. The second-order valence-electron chi connectivity index (χ2n) is 8.75. The van der Waals surface area contributed by atoms with Crippen molar-refractivity contribution in [2.75, 3.05) is 19.7 Å². The summed E-state index contributed by atoms with van der Waals surface area (Å²) in [6.07, 6.45) is -2.41. The third-order valence-electron chi connectivity index (χ3n) is 6.20. The number of aliphatic carboxylic acids is 1. The minimum Gasteiger partial charge on any atom is -0.493 e. The highest BCUT2D eigenvalue weighted by Gasteiger charge is 2.37. The summed E-state index contributed by atoms with van der Waals surface area (Å²) in [6, 6.07) is 10.5. The van der Waals surface area contributed by atoms with Gasteiger partial charge >= 0.3 is 12.1 Å². The van der Waals surface area contributed by atoms with Crippen LogP contribution in [0.2, 0.25) is 0 Å². The van der Waals surface area contributed by atoms with Crippen LogP contribution in [0.5, 0.6) is 5.75 Å². The largest absolute Gasteiger partial charge is 0.493 e. The highest BCUT2D eigenvalue weighted by atomic mass is 19.4. The standard InChI is InChI=1S/C24H25F4NO3/c25-22-6-2-5-21(24(26,27)28)20(22)13-29-11-15(12-29)14-32-18-4-1-3-17(9-18)19(10-23(30)31)16-7-8-16/h1-6,9,15-16,19H,7-8,10-14H2,(H,30,31). The topological polar surface area (TPSA) is 49.8 Å². The Morgan fingerprint density at radius 3 is 2.53 bits per heavy atom. The van der Waals surface area contributed by atoms with Crippen LogP contribution in [0.3, 0.4) is 0 Å². The Hall–Kier alpha value is -2.61. The molecule has 8 heteroatoms. The summed E-state index contributed by atoms with van der Waals surface area (Å²) < 4.78 is 59.4. The van der Waals surface area contributed by atoms with E-state index in [1.807, 2.05) is 24.3 Å². The molecule has 0 spiro atoms. The summed E-state index contributed by atoms with van der Waals surface area (Å²) >= 11 is 0. The van der Waals surface area contributed by atoms with Crippen LogP contribution in [0.25, 0.3) is 0 Å². The molecule has 172 valence electrons. The van der Waals surface area contributed by atoms with Gasteiger partial charge in [-0.1, -0.05) is 18.2 Å². The Kier molecular flexibility index (Phi) is 6.42. The van der Waals surface area contributed by atoms with Gasteiger partial charge in [0.1, 0.15) is 11.6 Å². The lowest BCUT2D eigenvalue weighted by Crippen LogP contribution is -2.48. The summed E-state index contributed by atoms with van der Waals surface area (Å²) in [5.41, 5.74) is -0.293. The van der Waals surface area contributed by atoms with Gasteiger partial charge in [0.25, 0.3) is 0 Å². The van der Waals surface area contributed by atoms with Crippen molar-refractivity contribution in [1.82, 2.24) is 4.90 Å². The molecule has 32 heavy (non-hydrogen) atoms. The number of benzene rings is 2. The third-order valence-corrected chi connectivity index (χ3v) is 6.20. The highest BCUT2D eigenvalue weighted by molar-refractivity contribution is 5.68. The summed E-state index contributed by atoms with van der Waals surface area (Å²) in [7, 11) is 0. The summed E-state index contributed by atoms with van der Waals surface area (Å²) in [6.45, 7) is 1.35. The molecule has 0 amide bonds. The smallest absolute Gasteiger partial charge is 0.416 e. The average Bonchev–Trinajstić information content (AvgIpc) is 3.53. The number of nitrogens with zero attached hydrogens (tertiary/aromatic N) is 1. The zero-order valence-electron chi connectivity index (χ0n) is 17.4. The molecule has 2 aromatic carbocycles. The summed E-state index contributed by atoms with van der Waals surface area (Å²) in [5.74, 6) is -0.474. The van der Waals surface area contributed by atoms with Crippen molar-refractivity contribution in [3.8, 4) is 5.75 Å². The van der Waals surface area contributed by atoms with Crippen LogP contribution in [-0.2, 0) is 17.5 Å². The Bertz CT molecular complexity index is 968. The van der Waals surface area contributed by atoms with Gasteiger partial charge in [-0.05, 0) is 54.5 Å². The Balaban J connectivity index is 1.30. The minimum atomic E-state index is -4.59. The van der Waals surface area contributed by atoms with Crippen molar-refractivity contribution in [2.45, 2.75) is 37.9 Å². The van der Waals surface area contributed by atoms with E-state index in [4.69, 9.17) is 4.74 Å². The molecule has 2 aliphatic rings. The number of hydrogen-bond acceptors (Lipinski definition) is 3. The van der Waals surface area contributed by atoms with Crippen LogP contribution in [0.4, 0.5) is 17.6 Å². The molecule has 4 nitrogen and oxygen atoms in total. The first-order valence-electron chi connectivity index (χ1n) is 10.7. The number of carboxylic acids is 1. The Labute approximate surface area is 183 Å². The van der Waals surface area contributed by atoms with Crippen molar-refractivity contribution >= 4 is 5.97 Å². The molecule has 1 heterocycles. The van der Waals surface area contributed by atoms with Crippen LogP contribution in [0.1, 0.15) is 41.9 Å². The van der Waals surface area contributed by atoms with E-state index in [-0.39, 0.29) is 30.4 Å². The molecule has 1 saturated carbocycles. The van der Waals surface area contributed by atoms with E-state index in [9.17, 15) is 27.5 Å². The van der Waals surface area contributed by atoms with Crippen molar-refractivity contribution in [3.63, 3.8) is 0 Å². The highest BCUT2D eigenvalue weighted by Crippen LogP contribution is 2.45. The molecule has 1 N–H and O–H groups in total. The van der Waals surface area contributed by atoms with Crippen LogP contribution >= 0.6 is 0 Å². The van der Waals surface area contributed by atoms with Crippen molar-refractivity contribution in [1.29, 1.82) is 0 Å². The molecule has 1 unspecified atom stereocenters. The van der Waals surface area contributed by atoms with Crippen LogP contribution in [0.15, 0.2) is 42.5 Å². The number of rotatable bonds is 9. The van der Waals surface area contributed by atoms with E-state index in [0.717, 1.165) is 36.6 Å². The average molecular weight is 451 g/mol. The lowest BCUT2D eigenvalue weighted by atomic mass is 9.91. The van der Waals surface area contributed by atoms with Crippen LogP contribution in [-0.4, -0.2) is 35.7 Å². The molecular weight excluding hydrogens is 426 g/mol. The van der Waals surface area contributed by atoms with Gasteiger partial charge in [0.2, 0.25) is 0 Å². The van der Waals surface area contributed by atoms with Crippen LogP contribution in [0, 0.1) is 17.7 Å². The zero-order valence-corrected chi connectivity index (χ0v) is 17.4. The van der Waals surface area contributed by atoms with Gasteiger partial charge in [0.05, 0.1) is 18.6 Å². The molecule has 0 bridgehead atoms. The number of carbonyl (C=O) groups is 1. The van der Waals surface area contributed by atoms with Gasteiger partial charge in [0.15, 0.2) is 0 Å². The lowest BCUT2D eigenvalue weighted by Gasteiger charge is -2.39. The maximum Gasteiger partial charge on any atom is 0.416 e. The maximum atomic E-state index is 14.0. The van der Waals surface area contributed by atoms with E-state index >= 15 is 0 Å². The molecule has 4 rings (SSSR count). The molecule has 2 aromatic rings. The Morgan fingerprint density at radius 1 is 1.16 bits per heavy atom. The van der Waals surface area contributed by atoms with E-state index < -0.39 is 23.5 Å². The van der Waals surface area contributed by atoms with Gasteiger partial charge in [-0.15, -0.1) is 0 Å². The quantitative estimate of drug-likeness (QED) is 0.524. The lowest BCUT2D eigenvalue weighted by molar-refractivity contribution is -0.139. The number of halogens is 4. The fourth-order valence-corrected chi connectivity index (χ4v) is 4.41. The van der Waals surface area contributed by atoms with Gasteiger partial charge in [0, 0.05) is 31.1 Å². The van der Waals surface area contributed by atoms with Crippen LogP contribution < -0.4 is 4.74 Å². The number of alkyl halides is 3. The Morgan fingerprint density at radius 2 is 1.88 bits per heavy atom. The van der Waals surface area contributed by atoms with Crippen molar-refractivity contribution in [2.24, 2.45) is 11.8 Å². The monoisotopic (exact) mass is 451 g/mol. The third kappa shape index (κ3) is 5.41. The zero-order chi connectivity index (χ0) is 22.9.